The molecule has 0 unspecified atom stereocenters. The van der Waals surface area contributed by atoms with Crippen LogP contribution in [0.25, 0.3) is 37.7 Å². The van der Waals surface area contributed by atoms with E-state index >= 15 is 0 Å². The molecule has 6 aromatic rings. The molecule has 0 spiro atoms. The number of hydrogen-bond donors (Lipinski definition) is 0. The summed E-state index contributed by atoms with van der Waals surface area (Å²) in [5.74, 6) is 0.893. The molecule has 1 aliphatic heterocycles. The Morgan fingerprint density at radius 3 is 1.73 bits per heavy atom. The Kier molecular flexibility index (Phi) is 6.59. The van der Waals surface area contributed by atoms with Crippen molar-refractivity contribution in [2.45, 2.75) is 19.4 Å². The molecule has 196 valence electrons. The van der Waals surface area contributed by atoms with Crippen LogP contribution in [0.5, 0.6) is 5.75 Å². The monoisotopic (exact) mass is 682 g/mol. The van der Waals surface area contributed by atoms with Gasteiger partial charge in [0.05, 0.1) is 0 Å². The number of rotatable bonds is 4. The Balaban J connectivity index is 1.35. The zero-order valence-corrected chi connectivity index (χ0v) is 26.7. The lowest BCUT2D eigenvalue weighted by Crippen LogP contribution is -2.34. The molecule has 0 N–H and O–H groups in total. The molecule has 7 rings (SSSR count). The largest absolute Gasteiger partial charge is 0.473 e. The van der Waals surface area contributed by atoms with Gasteiger partial charge in [-0.05, 0) is 98.0 Å². The second kappa shape index (κ2) is 10.1. The van der Waals surface area contributed by atoms with Crippen LogP contribution in [0.4, 0.5) is 0 Å². The number of halogens is 2. The van der Waals surface area contributed by atoms with Crippen molar-refractivity contribution in [2.75, 3.05) is 0 Å². The maximum absolute atomic E-state index is 7.04. The van der Waals surface area contributed by atoms with Crippen LogP contribution in [0.2, 0.25) is 0 Å². The highest BCUT2D eigenvalue weighted by Crippen LogP contribution is 2.45. The van der Waals surface area contributed by atoms with Crippen LogP contribution >= 0.6 is 54.5 Å². The van der Waals surface area contributed by atoms with Crippen LogP contribution in [-0.4, -0.2) is 0 Å². The summed E-state index contributed by atoms with van der Waals surface area (Å²) >= 11 is 10.9. The average Bonchev–Trinajstić information content (AvgIpc) is 3.52. The summed E-state index contributed by atoms with van der Waals surface area (Å²) in [5.41, 5.74) is 4.99. The average molecular weight is 685 g/mol. The van der Waals surface area contributed by atoms with Gasteiger partial charge in [0.1, 0.15) is 5.75 Å². The van der Waals surface area contributed by atoms with E-state index in [-0.39, 0.29) is 0 Å². The predicted molar refractivity (Wildman–Crippen MR) is 179 cm³/mol. The highest BCUT2D eigenvalue weighted by atomic mass is 79.9. The Morgan fingerprint density at radius 1 is 0.650 bits per heavy atom. The van der Waals surface area contributed by atoms with Crippen LogP contribution < -0.4 is 4.74 Å². The van der Waals surface area contributed by atoms with Gasteiger partial charge in [0.15, 0.2) is 5.60 Å². The lowest BCUT2D eigenvalue weighted by atomic mass is 9.82. The Labute approximate surface area is 259 Å². The summed E-state index contributed by atoms with van der Waals surface area (Å²) < 4.78 is 9.35. The number of fused-ring (bicyclic) bond motifs is 3. The van der Waals surface area contributed by atoms with E-state index < -0.39 is 5.60 Å². The number of hydrogen-bond acceptors (Lipinski definition) is 3. The molecule has 1 nitrogen and oxygen atoms in total. The fourth-order valence-electron chi connectivity index (χ4n) is 5.39. The van der Waals surface area contributed by atoms with E-state index in [4.69, 9.17) is 4.74 Å². The molecule has 0 bridgehead atoms. The highest BCUT2D eigenvalue weighted by Gasteiger charge is 2.37. The molecular formula is C35H24Br2OS2. The van der Waals surface area contributed by atoms with Crippen LogP contribution in [0, 0.1) is 13.8 Å². The molecule has 0 saturated carbocycles. The molecule has 0 fully saturated rings. The first-order chi connectivity index (χ1) is 19.4. The second-order valence-corrected chi connectivity index (χ2v) is 14.3. The van der Waals surface area contributed by atoms with Crippen molar-refractivity contribution in [1.82, 2.24) is 0 Å². The topological polar surface area (TPSA) is 9.23 Å². The molecule has 0 amide bonds. The van der Waals surface area contributed by atoms with E-state index in [9.17, 15) is 0 Å². The fourth-order valence-corrected chi connectivity index (χ4v) is 8.47. The third-order valence-corrected chi connectivity index (χ3v) is 12.0. The number of benzene rings is 4. The van der Waals surface area contributed by atoms with E-state index in [2.05, 4.69) is 155 Å². The van der Waals surface area contributed by atoms with E-state index in [1.54, 1.807) is 22.7 Å². The lowest BCUT2D eigenvalue weighted by molar-refractivity contribution is 0.161. The number of aryl methyl sites for hydroxylation is 2. The van der Waals surface area contributed by atoms with Crippen LogP contribution in [0.3, 0.4) is 0 Å². The number of ether oxygens (including phenoxy) is 1. The van der Waals surface area contributed by atoms with Gasteiger partial charge < -0.3 is 4.74 Å². The second-order valence-electron chi connectivity index (χ2n) is 10.1. The van der Waals surface area contributed by atoms with Gasteiger partial charge in [0.25, 0.3) is 0 Å². The van der Waals surface area contributed by atoms with E-state index in [0.717, 1.165) is 31.4 Å². The molecule has 3 heterocycles. The standard InChI is InChI=1S/C35H24Br2OS2/c1-21-30(36)19-33(39-21)24-7-12-26(13-8-24)35(27-14-9-25(10-15-27)34-20-31(37)22(2)40-34)18-17-29-28-6-4-3-5-23(28)11-16-32(29)38-35/h3-20H,1-2H3. The van der Waals surface area contributed by atoms with Gasteiger partial charge in [-0.25, -0.2) is 0 Å². The lowest BCUT2D eigenvalue weighted by Gasteiger charge is -2.36. The van der Waals surface area contributed by atoms with Crippen LogP contribution in [0.1, 0.15) is 26.4 Å². The van der Waals surface area contributed by atoms with Crippen LogP contribution in [-0.2, 0) is 5.60 Å². The Hall–Kier alpha value is -2.96. The summed E-state index contributed by atoms with van der Waals surface area (Å²) in [5, 5.41) is 2.42. The molecule has 1 aliphatic rings. The quantitative estimate of drug-likeness (QED) is 0.180. The van der Waals surface area contributed by atoms with Gasteiger partial charge in [-0.1, -0.05) is 78.9 Å². The minimum Gasteiger partial charge on any atom is -0.473 e. The van der Waals surface area contributed by atoms with E-state index in [1.165, 1.54) is 41.4 Å². The van der Waals surface area contributed by atoms with Crippen molar-refractivity contribution in [3.63, 3.8) is 0 Å². The van der Waals surface area contributed by atoms with Gasteiger partial charge in [-0.15, -0.1) is 22.7 Å². The first kappa shape index (κ1) is 26.0. The third-order valence-electron chi connectivity index (χ3n) is 7.60. The molecule has 0 aliphatic carbocycles. The summed E-state index contributed by atoms with van der Waals surface area (Å²) in [6.45, 7) is 4.28. The van der Waals surface area contributed by atoms with Gasteiger partial charge >= 0.3 is 0 Å². The van der Waals surface area contributed by atoms with Crippen molar-refractivity contribution in [3.8, 4) is 26.6 Å². The maximum atomic E-state index is 7.04. The van der Waals surface area contributed by atoms with Gasteiger partial charge in [0, 0.05) is 45.1 Å². The molecule has 0 saturated heterocycles. The van der Waals surface area contributed by atoms with E-state index in [0.29, 0.717) is 0 Å². The molecule has 5 heteroatoms. The molecule has 0 atom stereocenters. The first-order valence-electron chi connectivity index (χ1n) is 13.0. The molecule has 4 aromatic carbocycles. The smallest absolute Gasteiger partial charge is 0.178 e. The summed E-state index contributed by atoms with van der Waals surface area (Å²) in [7, 11) is 0. The Morgan fingerprint density at radius 2 is 1.20 bits per heavy atom. The molecule has 2 aromatic heterocycles. The van der Waals surface area contributed by atoms with Crippen molar-refractivity contribution < 1.29 is 4.74 Å². The summed E-state index contributed by atoms with van der Waals surface area (Å²) in [6, 6.07) is 34.8. The molecular weight excluding hydrogens is 660 g/mol. The Bertz CT molecular complexity index is 1780. The zero-order valence-electron chi connectivity index (χ0n) is 21.9. The summed E-state index contributed by atoms with van der Waals surface area (Å²) in [4.78, 5) is 5.07. The van der Waals surface area contributed by atoms with Gasteiger partial charge in [-0.2, -0.15) is 0 Å². The highest BCUT2D eigenvalue weighted by molar-refractivity contribution is 9.10. The summed E-state index contributed by atoms with van der Waals surface area (Å²) in [6.07, 6.45) is 4.46. The first-order valence-corrected chi connectivity index (χ1v) is 16.3. The van der Waals surface area contributed by atoms with Crippen molar-refractivity contribution >= 4 is 71.4 Å². The van der Waals surface area contributed by atoms with Crippen molar-refractivity contribution in [2.24, 2.45) is 0 Å². The third kappa shape index (κ3) is 4.40. The molecule has 0 radical (unpaired) electrons. The van der Waals surface area contributed by atoms with Crippen LogP contribution in [0.15, 0.2) is 112 Å². The normalized spacial score (nSPS) is 13.8. The maximum Gasteiger partial charge on any atom is 0.178 e. The number of thiophene rings is 2. The van der Waals surface area contributed by atoms with Crippen molar-refractivity contribution in [3.05, 3.63) is 139 Å². The minimum absolute atomic E-state index is 0.746. The predicted octanol–water partition coefficient (Wildman–Crippen LogP) is 11.8. The van der Waals surface area contributed by atoms with Gasteiger partial charge in [0.2, 0.25) is 0 Å². The zero-order chi connectivity index (χ0) is 27.4. The fraction of sp³-hybridized carbons (Fsp3) is 0.0857. The minimum atomic E-state index is -0.746. The van der Waals surface area contributed by atoms with Gasteiger partial charge in [-0.3, -0.25) is 0 Å². The van der Waals surface area contributed by atoms with E-state index in [1.807, 2.05) is 0 Å². The SMILES string of the molecule is Cc1sc(-c2ccc(C3(c4ccc(-c5cc(Br)c(C)s5)cc4)C=Cc4c(ccc5ccccc45)O3)cc2)cc1Br. The van der Waals surface area contributed by atoms with Crippen molar-refractivity contribution in [1.29, 1.82) is 0 Å². The molecule has 40 heavy (non-hydrogen) atoms.